The Morgan fingerprint density at radius 2 is 1.89 bits per heavy atom. The number of nitrogens with one attached hydrogen (secondary N) is 1. The van der Waals surface area contributed by atoms with Crippen LogP contribution in [-0.4, -0.2) is 5.97 Å². The summed E-state index contributed by atoms with van der Waals surface area (Å²) in [6.07, 6.45) is -0.398. The highest BCUT2D eigenvalue weighted by Gasteiger charge is 2.30. The van der Waals surface area contributed by atoms with Crippen molar-refractivity contribution in [3.63, 3.8) is 0 Å². The Morgan fingerprint density at radius 3 is 2.68 bits per heavy atom. The van der Waals surface area contributed by atoms with Gasteiger partial charge in [0.2, 0.25) is 6.23 Å². The summed E-state index contributed by atoms with van der Waals surface area (Å²) in [6.45, 7) is 4.10. The number of anilines is 1. The van der Waals surface area contributed by atoms with Crippen molar-refractivity contribution in [2.45, 2.75) is 20.1 Å². The van der Waals surface area contributed by atoms with Gasteiger partial charge in [0.15, 0.2) is 0 Å². The summed E-state index contributed by atoms with van der Waals surface area (Å²) in [5, 5.41) is 3.28. The molecule has 1 aliphatic rings. The molecule has 0 aliphatic carbocycles. The molecule has 1 aliphatic heterocycles. The molecule has 0 unspecified atom stereocenters. The first-order chi connectivity index (χ1) is 9.15. The van der Waals surface area contributed by atoms with Crippen LogP contribution in [0.2, 0.25) is 0 Å². The molecule has 0 saturated carbocycles. The van der Waals surface area contributed by atoms with Gasteiger partial charge in [0.05, 0.1) is 5.56 Å². The number of carbonyl (C=O) groups is 1. The van der Waals surface area contributed by atoms with Crippen LogP contribution in [0.3, 0.4) is 0 Å². The summed E-state index contributed by atoms with van der Waals surface area (Å²) in [5.74, 6) is -0.266. The molecular formula is C16H15NO2. The number of ether oxygens (including phenoxy) is 1. The fourth-order valence-corrected chi connectivity index (χ4v) is 2.37. The molecule has 3 heteroatoms. The van der Waals surface area contributed by atoms with E-state index in [1.165, 1.54) is 5.56 Å². The Kier molecular flexibility index (Phi) is 2.75. The van der Waals surface area contributed by atoms with Crippen molar-refractivity contribution in [2.75, 3.05) is 5.32 Å². The first-order valence-electron chi connectivity index (χ1n) is 6.29. The molecule has 96 valence electrons. The third-order valence-corrected chi connectivity index (χ3v) is 3.36. The molecule has 0 saturated heterocycles. The van der Waals surface area contributed by atoms with Crippen molar-refractivity contribution in [1.29, 1.82) is 0 Å². The van der Waals surface area contributed by atoms with Crippen LogP contribution in [0.1, 0.15) is 33.3 Å². The van der Waals surface area contributed by atoms with Gasteiger partial charge in [-0.2, -0.15) is 0 Å². The number of hydrogen-bond donors (Lipinski definition) is 1. The molecule has 0 amide bonds. The van der Waals surface area contributed by atoms with E-state index in [0.29, 0.717) is 5.56 Å². The average Bonchev–Trinajstić information content (AvgIpc) is 2.71. The van der Waals surface area contributed by atoms with Crippen LogP contribution in [0, 0.1) is 13.8 Å². The van der Waals surface area contributed by atoms with Crippen molar-refractivity contribution in [3.05, 3.63) is 64.7 Å². The van der Waals surface area contributed by atoms with E-state index in [0.717, 1.165) is 16.8 Å². The maximum absolute atomic E-state index is 11.7. The molecule has 0 aromatic heterocycles. The zero-order valence-electron chi connectivity index (χ0n) is 10.9. The highest BCUT2D eigenvalue weighted by Crippen LogP contribution is 2.32. The molecular weight excluding hydrogens is 238 g/mol. The lowest BCUT2D eigenvalue weighted by Gasteiger charge is -2.16. The van der Waals surface area contributed by atoms with Gasteiger partial charge in [0.25, 0.3) is 0 Å². The van der Waals surface area contributed by atoms with E-state index >= 15 is 0 Å². The smallest absolute Gasteiger partial charge is 0.340 e. The fourth-order valence-electron chi connectivity index (χ4n) is 2.37. The number of aryl methyl sites for hydroxylation is 2. The first-order valence-corrected chi connectivity index (χ1v) is 6.29. The molecule has 0 spiro atoms. The number of fused-ring (bicyclic) bond motifs is 1. The van der Waals surface area contributed by atoms with Gasteiger partial charge < -0.3 is 10.1 Å². The van der Waals surface area contributed by atoms with Crippen LogP contribution in [-0.2, 0) is 4.74 Å². The molecule has 3 rings (SSSR count). The van der Waals surface area contributed by atoms with E-state index in [2.05, 4.69) is 18.3 Å². The van der Waals surface area contributed by atoms with E-state index in [-0.39, 0.29) is 5.97 Å². The van der Waals surface area contributed by atoms with Gasteiger partial charge >= 0.3 is 5.97 Å². The maximum Gasteiger partial charge on any atom is 0.340 e. The summed E-state index contributed by atoms with van der Waals surface area (Å²) in [5.41, 5.74) is 4.88. The molecule has 0 radical (unpaired) electrons. The SMILES string of the molecule is Cc1ccc(N[C@@H]2OC(=O)c3ccccc32)c(C)c1. The predicted molar refractivity (Wildman–Crippen MR) is 74.1 cm³/mol. The minimum atomic E-state index is -0.398. The summed E-state index contributed by atoms with van der Waals surface area (Å²) in [7, 11) is 0. The Bertz CT molecular complexity index is 649. The quantitative estimate of drug-likeness (QED) is 0.831. The minimum Gasteiger partial charge on any atom is -0.434 e. The largest absolute Gasteiger partial charge is 0.434 e. The third kappa shape index (κ3) is 2.08. The number of hydrogen-bond acceptors (Lipinski definition) is 3. The van der Waals surface area contributed by atoms with Crippen molar-refractivity contribution in [3.8, 4) is 0 Å². The molecule has 1 heterocycles. The highest BCUT2D eigenvalue weighted by atomic mass is 16.6. The number of carbonyl (C=O) groups excluding carboxylic acids is 1. The third-order valence-electron chi connectivity index (χ3n) is 3.36. The molecule has 0 fully saturated rings. The van der Waals surface area contributed by atoms with Crippen molar-refractivity contribution in [2.24, 2.45) is 0 Å². The maximum atomic E-state index is 11.7. The monoisotopic (exact) mass is 253 g/mol. The molecule has 1 atom stereocenters. The van der Waals surface area contributed by atoms with Crippen LogP contribution in [0.15, 0.2) is 42.5 Å². The Hall–Kier alpha value is -2.29. The normalized spacial score (nSPS) is 16.9. The first kappa shape index (κ1) is 11.8. The summed E-state index contributed by atoms with van der Waals surface area (Å²) in [4.78, 5) is 11.7. The molecule has 0 bridgehead atoms. The van der Waals surface area contributed by atoms with E-state index in [1.54, 1.807) is 6.07 Å². The lowest BCUT2D eigenvalue weighted by molar-refractivity contribution is 0.0437. The Labute approximate surface area is 112 Å². The van der Waals surface area contributed by atoms with Crippen molar-refractivity contribution >= 4 is 11.7 Å². The van der Waals surface area contributed by atoms with E-state index in [1.807, 2.05) is 37.3 Å². The van der Waals surface area contributed by atoms with Gasteiger partial charge in [0.1, 0.15) is 0 Å². The van der Waals surface area contributed by atoms with Gasteiger partial charge in [0, 0.05) is 11.3 Å². The lowest BCUT2D eigenvalue weighted by atomic mass is 10.1. The average molecular weight is 253 g/mol. The molecule has 19 heavy (non-hydrogen) atoms. The minimum absolute atomic E-state index is 0.266. The van der Waals surface area contributed by atoms with Gasteiger partial charge in [-0.25, -0.2) is 4.79 Å². The van der Waals surface area contributed by atoms with Crippen molar-refractivity contribution < 1.29 is 9.53 Å². The Morgan fingerprint density at radius 1 is 1.11 bits per heavy atom. The molecule has 1 N–H and O–H groups in total. The van der Waals surface area contributed by atoms with Crippen LogP contribution < -0.4 is 5.32 Å². The van der Waals surface area contributed by atoms with Crippen LogP contribution in [0.4, 0.5) is 5.69 Å². The van der Waals surface area contributed by atoms with Crippen molar-refractivity contribution in [1.82, 2.24) is 0 Å². The summed E-state index contributed by atoms with van der Waals surface area (Å²) in [6, 6.07) is 13.6. The van der Waals surface area contributed by atoms with Gasteiger partial charge in [-0.1, -0.05) is 35.9 Å². The lowest BCUT2D eigenvalue weighted by Crippen LogP contribution is -2.11. The zero-order chi connectivity index (χ0) is 13.4. The molecule has 3 nitrogen and oxygen atoms in total. The van der Waals surface area contributed by atoms with Crippen LogP contribution >= 0.6 is 0 Å². The number of cyclic esters (lactones) is 1. The van der Waals surface area contributed by atoms with E-state index in [4.69, 9.17) is 4.74 Å². The number of benzene rings is 2. The van der Waals surface area contributed by atoms with Gasteiger partial charge in [-0.05, 0) is 31.5 Å². The highest BCUT2D eigenvalue weighted by molar-refractivity contribution is 5.94. The summed E-state index contributed by atoms with van der Waals surface area (Å²) < 4.78 is 5.37. The van der Waals surface area contributed by atoms with Gasteiger partial charge in [-0.15, -0.1) is 0 Å². The molecule has 2 aromatic carbocycles. The second kappa shape index (κ2) is 4.43. The topological polar surface area (TPSA) is 38.3 Å². The summed E-state index contributed by atoms with van der Waals surface area (Å²) >= 11 is 0. The number of rotatable bonds is 2. The Balaban J connectivity index is 1.91. The number of esters is 1. The fraction of sp³-hybridized carbons (Fsp3) is 0.188. The van der Waals surface area contributed by atoms with E-state index in [9.17, 15) is 4.79 Å². The van der Waals surface area contributed by atoms with E-state index < -0.39 is 6.23 Å². The van der Waals surface area contributed by atoms with Crippen LogP contribution in [0.5, 0.6) is 0 Å². The zero-order valence-corrected chi connectivity index (χ0v) is 10.9. The second-order valence-electron chi connectivity index (χ2n) is 4.84. The molecule has 2 aromatic rings. The standard InChI is InChI=1S/C16H15NO2/c1-10-7-8-14(11(2)9-10)17-15-12-5-3-4-6-13(12)16(18)19-15/h3-9,15,17H,1-2H3/t15-/m1/s1. The van der Waals surface area contributed by atoms with Gasteiger partial charge in [-0.3, -0.25) is 0 Å². The van der Waals surface area contributed by atoms with Crippen LogP contribution in [0.25, 0.3) is 0 Å². The second-order valence-corrected chi connectivity index (χ2v) is 4.84. The predicted octanol–water partition coefficient (Wildman–Crippen LogP) is 3.58.